The monoisotopic (exact) mass is 438 g/mol. The summed E-state index contributed by atoms with van der Waals surface area (Å²) in [5.74, 6) is 0.538. The van der Waals surface area contributed by atoms with Gasteiger partial charge in [0.05, 0.1) is 16.6 Å². The minimum absolute atomic E-state index is 0.179. The van der Waals surface area contributed by atoms with Crippen LogP contribution in [0.25, 0.3) is 0 Å². The Bertz CT molecular complexity index is 1160. The van der Waals surface area contributed by atoms with Gasteiger partial charge >= 0.3 is 0 Å². The largest absolute Gasteiger partial charge is 0.491 e. The number of nitrogens with one attached hydrogen (secondary N) is 2. The van der Waals surface area contributed by atoms with E-state index in [9.17, 15) is 13.2 Å². The first-order valence-electron chi connectivity index (χ1n) is 9.94. The molecule has 0 aliphatic carbocycles. The van der Waals surface area contributed by atoms with Crippen molar-refractivity contribution in [1.29, 1.82) is 0 Å². The lowest BCUT2D eigenvalue weighted by Gasteiger charge is -2.17. The second-order valence-corrected chi connectivity index (χ2v) is 9.08. The van der Waals surface area contributed by atoms with Crippen molar-refractivity contribution >= 4 is 21.6 Å². The third kappa shape index (κ3) is 5.86. The molecule has 1 atom stereocenters. The van der Waals surface area contributed by atoms with Gasteiger partial charge in [0.1, 0.15) is 12.4 Å². The number of para-hydroxylation sites is 1. The molecule has 162 valence electrons. The van der Waals surface area contributed by atoms with E-state index in [1.807, 2.05) is 38.1 Å². The van der Waals surface area contributed by atoms with Crippen molar-refractivity contribution in [2.45, 2.75) is 31.7 Å². The fourth-order valence-corrected chi connectivity index (χ4v) is 4.16. The maximum atomic E-state index is 12.6. The molecule has 0 aliphatic heterocycles. The van der Waals surface area contributed by atoms with Gasteiger partial charge in [0.25, 0.3) is 15.9 Å². The highest BCUT2D eigenvalue weighted by Crippen LogP contribution is 2.21. The smallest absolute Gasteiger partial charge is 0.261 e. The molecule has 7 heteroatoms. The van der Waals surface area contributed by atoms with Crippen LogP contribution < -0.4 is 14.8 Å². The molecule has 0 aromatic heterocycles. The van der Waals surface area contributed by atoms with E-state index in [1.165, 1.54) is 12.1 Å². The van der Waals surface area contributed by atoms with Crippen LogP contribution in [-0.2, 0) is 10.0 Å². The third-order valence-corrected chi connectivity index (χ3v) is 6.13. The number of ether oxygens (including phenoxy) is 1. The minimum Gasteiger partial charge on any atom is -0.491 e. The Kier molecular flexibility index (Phi) is 6.97. The van der Waals surface area contributed by atoms with Gasteiger partial charge in [-0.3, -0.25) is 9.52 Å². The summed E-state index contributed by atoms with van der Waals surface area (Å²) in [6.45, 7) is 5.93. The molecule has 0 fully saturated rings. The fourth-order valence-electron chi connectivity index (χ4n) is 3.00. The molecule has 0 aliphatic rings. The van der Waals surface area contributed by atoms with Gasteiger partial charge < -0.3 is 10.1 Å². The molecule has 31 heavy (non-hydrogen) atoms. The van der Waals surface area contributed by atoms with Crippen LogP contribution in [0.1, 0.15) is 28.4 Å². The molecule has 1 amide bonds. The van der Waals surface area contributed by atoms with E-state index in [0.717, 1.165) is 11.3 Å². The average molecular weight is 439 g/mol. The lowest BCUT2D eigenvalue weighted by Crippen LogP contribution is -2.36. The normalized spacial score (nSPS) is 12.1. The molecule has 2 N–H and O–H groups in total. The Morgan fingerprint density at radius 1 is 0.935 bits per heavy atom. The van der Waals surface area contributed by atoms with Crippen molar-refractivity contribution in [3.8, 4) is 5.75 Å². The van der Waals surface area contributed by atoms with E-state index in [0.29, 0.717) is 23.4 Å². The first-order chi connectivity index (χ1) is 14.8. The van der Waals surface area contributed by atoms with E-state index < -0.39 is 10.0 Å². The molecule has 0 spiro atoms. The number of rotatable bonds is 8. The Balaban J connectivity index is 1.62. The Labute approximate surface area is 183 Å². The van der Waals surface area contributed by atoms with Crippen molar-refractivity contribution in [2.24, 2.45) is 0 Å². The van der Waals surface area contributed by atoms with Crippen molar-refractivity contribution < 1.29 is 17.9 Å². The van der Waals surface area contributed by atoms with E-state index in [-0.39, 0.29) is 16.8 Å². The molecule has 0 bridgehead atoms. The van der Waals surface area contributed by atoms with Gasteiger partial charge in [-0.25, -0.2) is 8.42 Å². The molecular formula is C24H26N2O4S. The van der Waals surface area contributed by atoms with Gasteiger partial charge in [-0.2, -0.15) is 0 Å². The number of benzene rings is 3. The standard InChI is InChI=1S/C24H26N2O4S/c1-17-9-7-8-12-23(17)30-16-19(3)25-24(27)20-13-14-22(18(2)15-20)26-31(28,29)21-10-5-4-6-11-21/h4-15,19,26H,16H2,1-3H3,(H,25,27)/t19-/m1/s1. The lowest BCUT2D eigenvalue weighted by molar-refractivity contribution is 0.0926. The average Bonchev–Trinajstić information content (AvgIpc) is 2.75. The van der Waals surface area contributed by atoms with Crippen LogP contribution >= 0.6 is 0 Å². The Morgan fingerprint density at radius 2 is 1.61 bits per heavy atom. The summed E-state index contributed by atoms with van der Waals surface area (Å²) in [6.07, 6.45) is 0. The van der Waals surface area contributed by atoms with Crippen LogP contribution in [0, 0.1) is 13.8 Å². The quantitative estimate of drug-likeness (QED) is 0.549. The first-order valence-corrected chi connectivity index (χ1v) is 11.4. The molecule has 0 saturated carbocycles. The predicted molar refractivity (Wildman–Crippen MR) is 122 cm³/mol. The van der Waals surface area contributed by atoms with Crippen molar-refractivity contribution in [3.05, 3.63) is 89.5 Å². The van der Waals surface area contributed by atoms with Crippen molar-refractivity contribution in [3.63, 3.8) is 0 Å². The topological polar surface area (TPSA) is 84.5 Å². The Morgan fingerprint density at radius 3 is 2.29 bits per heavy atom. The highest BCUT2D eigenvalue weighted by molar-refractivity contribution is 7.92. The number of hydrogen-bond donors (Lipinski definition) is 2. The summed E-state index contributed by atoms with van der Waals surface area (Å²) in [5, 5.41) is 2.90. The van der Waals surface area contributed by atoms with E-state index >= 15 is 0 Å². The van der Waals surface area contributed by atoms with Crippen LogP contribution in [0.4, 0.5) is 5.69 Å². The maximum Gasteiger partial charge on any atom is 0.261 e. The summed E-state index contributed by atoms with van der Waals surface area (Å²) in [6, 6.07) is 20.5. The van der Waals surface area contributed by atoms with Crippen LogP contribution in [0.3, 0.4) is 0 Å². The third-order valence-electron chi connectivity index (χ3n) is 4.75. The molecule has 0 radical (unpaired) electrons. The van der Waals surface area contributed by atoms with Gasteiger partial charge in [-0.15, -0.1) is 0 Å². The summed E-state index contributed by atoms with van der Waals surface area (Å²) in [4.78, 5) is 12.8. The molecule has 0 heterocycles. The number of carbonyl (C=O) groups is 1. The SMILES string of the molecule is Cc1cc(C(=O)N[C@H](C)COc2ccccc2C)ccc1NS(=O)(=O)c1ccccc1. The van der Waals surface area contributed by atoms with Crippen molar-refractivity contribution in [1.82, 2.24) is 5.32 Å². The summed E-state index contributed by atoms with van der Waals surface area (Å²) in [7, 11) is -3.69. The number of amides is 1. The zero-order valence-corrected chi connectivity index (χ0v) is 18.6. The molecular weight excluding hydrogens is 412 g/mol. The minimum atomic E-state index is -3.69. The number of hydrogen-bond acceptors (Lipinski definition) is 4. The van der Waals surface area contributed by atoms with Crippen LogP contribution in [0.2, 0.25) is 0 Å². The van der Waals surface area contributed by atoms with Gasteiger partial charge in [-0.1, -0.05) is 36.4 Å². The molecule has 0 saturated heterocycles. The van der Waals surface area contributed by atoms with Gasteiger partial charge in [0, 0.05) is 5.56 Å². The molecule has 3 rings (SSSR count). The highest BCUT2D eigenvalue weighted by atomic mass is 32.2. The lowest BCUT2D eigenvalue weighted by atomic mass is 10.1. The van der Waals surface area contributed by atoms with Gasteiger partial charge in [0.2, 0.25) is 0 Å². The number of aryl methyl sites for hydroxylation is 2. The zero-order chi connectivity index (χ0) is 22.4. The van der Waals surface area contributed by atoms with E-state index in [2.05, 4.69) is 10.0 Å². The van der Waals surface area contributed by atoms with Gasteiger partial charge in [0.15, 0.2) is 0 Å². The highest BCUT2D eigenvalue weighted by Gasteiger charge is 2.16. The summed E-state index contributed by atoms with van der Waals surface area (Å²) < 4.78 is 33.4. The first kappa shape index (κ1) is 22.4. The van der Waals surface area contributed by atoms with Crippen LogP contribution in [-0.4, -0.2) is 27.0 Å². The van der Waals surface area contributed by atoms with Gasteiger partial charge in [-0.05, 0) is 68.3 Å². The summed E-state index contributed by atoms with van der Waals surface area (Å²) >= 11 is 0. The number of carbonyl (C=O) groups excluding carboxylic acids is 1. The van der Waals surface area contributed by atoms with E-state index in [4.69, 9.17) is 4.74 Å². The molecule has 6 nitrogen and oxygen atoms in total. The fraction of sp³-hybridized carbons (Fsp3) is 0.208. The van der Waals surface area contributed by atoms with Crippen LogP contribution in [0.5, 0.6) is 5.75 Å². The van der Waals surface area contributed by atoms with E-state index in [1.54, 1.807) is 43.3 Å². The second kappa shape index (κ2) is 9.66. The second-order valence-electron chi connectivity index (χ2n) is 7.40. The Hall–Kier alpha value is -3.32. The number of anilines is 1. The predicted octanol–water partition coefficient (Wildman–Crippen LogP) is 4.30. The number of sulfonamides is 1. The molecule has 3 aromatic rings. The molecule has 3 aromatic carbocycles. The summed E-state index contributed by atoms with van der Waals surface area (Å²) in [5.41, 5.74) is 2.56. The molecule has 0 unspecified atom stereocenters. The maximum absolute atomic E-state index is 12.6. The van der Waals surface area contributed by atoms with Crippen molar-refractivity contribution in [2.75, 3.05) is 11.3 Å². The zero-order valence-electron chi connectivity index (χ0n) is 17.8. The van der Waals surface area contributed by atoms with Crippen LogP contribution in [0.15, 0.2) is 77.7 Å².